The molecule has 7 heteroatoms. The molecule has 0 aromatic heterocycles. The Balaban J connectivity index is 2.85. The smallest absolute Gasteiger partial charge is 0.318 e. The minimum atomic E-state index is -3.70. The summed E-state index contributed by atoms with van der Waals surface area (Å²) >= 11 is 0. The van der Waals surface area contributed by atoms with Gasteiger partial charge in [0.1, 0.15) is 6.54 Å². The van der Waals surface area contributed by atoms with Gasteiger partial charge >= 0.3 is 5.97 Å². The molecule has 1 rings (SSSR count). The van der Waals surface area contributed by atoms with Crippen LogP contribution in [0, 0.1) is 5.92 Å². The quantitative estimate of drug-likeness (QED) is 0.718. The van der Waals surface area contributed by atoms with Crippen LogP contribution < -0.4 is 0 Å². The summed E-state index contributed by atoms with van der Waals surface area (Å²) in [6.07, 6.45) is 3.22. The molecule has 1 unspecified atom stereocenters. The Morgan fingerprint density at radius 1 is 1.61 bits per heavy atom. The lowest BCUT2D eigenvalue weighted by Crippen LogP contribution is -2.49. The summed E-state index contributed by atoms with van der Waals surface area (Å²) in [5.74, 6) is -0.852. The standard InChI is InChI=1S/C11H20N2O4S/c1-3-6-12(9-11(14)15)18(16,17)13-7-4-5-10(2)8-13/h3,10H,1,4-9H2,2H3,(H,14,15). The number of carboxylic acid groups (broad SMARTS) is 1. The van der Waals surface area contributed by atoms with E-state index in [9.17, 15) is 13.2 Å². The molecule has 1 heterocycles. The molecule has 1 aliphatic rings. The lowest BCUT2D eigenvalue weighted by molar-refractivity contribution is -0.137. The van der Waals surface area contributed by atoms with E-state index in [4.69, 9.17) is 5.11 Å². The molecule has 0 saturated carbocycles. The average molecular weight is 276 g/mol. The average Bonchev–Trinajstić information content (AvgIpc) is 2.28. The molecule has 1 fully saturated rings. The monoisotopic (exact) mass is 276 g/mol. The van der Waals surface area contributed by atoms with Crippen molar-refractivity contribution in [2.24, 2.45) is 5.92 Å². The normalized spacial score (nSPS) is 22.0. The molecule has 0 aromatic carbocycles. The molecule has 0 radical (unpaired) electrons. The summed E-state index contributed by atoms with van der Waals surface area (Å²) in [5.41, 5.74) is 0. The second kappa shape index (κ2) is 6.31. The minimum Gasteiger partial charge on any atom is -0.480 e. The molecule has 0 spiro atoms. The van der Waals surface area contributed by atoms with Crippen molar-refractivity contribution < 1.29 is 18.3 Å². The Kier molecular flexibility index (Phi) is 5.30. The van der Waals surface area contributed by atoms with Gasteiger partial charge in [-0.25, -0.2) is 0 Å². The first kappa shape index (κ1) is 15.1. The highest BCUT2D eigenvalue weighted by atomic mass is 32.2. The largest absolute Gasteiger partial charge is 0.480 e. The molecule has 0 amide bonds. The molecular formula is C11H20N2O4S. The van der Waals surface area contributed by atoms with Crippen molar-refractivity contribution >= 4 is 16.2 Å². The van der Waals surface area contributed by atoms with Gasteiger partial charge in [-0.05, 0) is 18.8 Å². The zero-order chi connectivity index (χ0) is 13.8. The zero-order valence-corrected chi connectivity index (χ0v) is 11.4. The fraction of sp³-hybridized carbons (Fsp3) is 0.727. The van der Waals surface area contributed by atoms with Crippen molar-refractivity contribution in [3.63, 3.8) is 0 Å². The van der Waals surface area contributed by atoms with Gasteiger partial charge in [-0.1, -0.05) is 13.0 Å². The van der Waals surface area contributed by atoms with E-state index in [2.05, 4.69) is 6.58 Å². The predicted molar refractivity (Wildman–Crippen MR) is 68.3 cm³/mol. The number of carboxylic acids is 1. The van der Waals surface area contributed by atoms with Crippen molar-refractivity contribution in [2.75, 3.05) is 26.2 Å². The molecule has 1 N–H and O–H groups in total. The highest BCUT2D eigenvalue weighted by Gasteiger charge is 2.32. The molecular weight excluding hydrogens is 256 g/mol. The second-order valence-electron chi connectivity index (χ2n) is 4.59. The molecule has 6 nitrogen and oxygen atoms in total. The Labute approximate surface area is 108 Å². The minimum absolute atomic E-state index is 0.0134. The van der Waals surface area contributed by atoms with Crippen LogP contribution in [0.5, 0.6) is 0 Å². The molecule has 18 heavy (non-hydrogen) atoms. The van der Waals surface area contributed by atoms with Gasteiger partial charge in [0.05, 0.1) is 0 Å². The number of piperidine rings is 1. The van der Waals surface area contributed by atoms with Crippen molar-refractivity contribution in [1.82, 2.24) is 8.61 Å². The van der Waals surface area contributed by atoms with Crippen molar-refractivity contribution in [3.05, 3.63) is 12.7 Å². The van der Waals surface area contributed by atoms with E-state index in [1.54, 1.807) is 0 Å². The number of nitrogens with zero attached hydrogens (tertiary/aromatic N) is 2. The summed E-state index contributed by atoms with van der Waals surface area (Å²) in [4.78, 5) is 10.7. The van der Waals surface area contributed by atoms with E-state index in [0.717, 1.165) is 17.1 Å². The van der Waals surface area contributed by atoms with Crippen LogP contribution in [0.25, 0.3) is 0 Å². The van der Waals surface area contributed by atoms with Crippen molar-refractivity contribution in [3.8, 4) is 0 Å². The molecule has 1 aliphatic heterocycles. The molecule has 1 atom stereocenters. The van der Waals surface area contributed by atoms with Crippen molar-refractivity contribution in [1.29, 1.82) is 0 Å². The van der Waals surface area contributed by atoms with Crippen LogP contribution in [0.4, 0.5) is 0 Å². The number of hydrogen-bond acceptors (Lipinski definition) is 3. The predicted octanol–water partition coefficient (Wildman–Crippen LogP) is 0.536. The molecule has 0 aromatic rings. The zero-order valence-electron chi connectivity index (χ0n) is 10.6. The summed E-state index contributed by atoms with van der Waals surface area (Å²) < 4.78 is 26.9. The van der Waals surface area contributed by atoms with Gasteiger partial charge in [-0.3, -0.25) is 4.79 Å². The van der Waals surface area contributed by atoms with Crippen LogP contribution in [0.3, 0.4) is 0 Å². The van der Waals surface area contributed by atoms with E-state index in [-0.39, 0.29) is 6.54 Å². The van der Waals surface area contributed by atoms with E-state index >= 15 is 0 Å². The van der Waals surface area contributed by atoms with Gasteiger partial charge in [0.15, 0.2) is 0 Å². The Morgan fingerprint density at radius 3 is 2.78 bits per heavy atom. The Hall–Kier alpha value is -0.920. The topological polar surface area (TPSA) is 77.9 Å². The van der Waals surface area contributed by atoms with Gasteiger partial charge in [0.25, 0.3) is 10.2 Å². The number of carbonyl (C=O) groups is 1. The van der Waals surface area contributed by atoms with E-state index < -0.39 is 22.7 Å². The number of aliphatic carboxylic acids is 1. The SMILES string of the molecule is C=CCN(CC(=O)O)S(=O)(=O)N1CCCC(C)C1. The first-order chi connectivity index (χ1) is 8.37. The Bertz CT molecular complexity index is 407. The molecule has 1 saturated heterocycles. The van der Waals surface area contributed by atoms with Gasteiger partial charge in [0.2, 0.25) is 0 Å². The third-order valence-electron chi connectivity index (χ3n) is 2.92. The van der Waals surface area contributed by atoms with Crippen LogP contribution >= 0.6 is 0 Å². The third-order valence-corrected chi connectivity index (χ3v) is 4.83. The molecule has 104 valence electrons. The van der Waals surface area contributed by atoms with E-state index in [1.165, 1.54) is 10.4 Å². The highest BCUT2D eigenvalue weighted by Crippen LogP contribution is 2.20. The number of rotatable bonds is 6. The van der Waals surface area contributed by atoms with Gasteiger partial charge in [0, 0.05) is 19.6 Å². The second-order valence-corrected chi connectivity index (χ2v) is 6.52. The van der Waals surface area contributed by atoms with Crippen LogP contribution in [-0.2, 0) is 15.0 Å². The van der Waals surface area contributed by atoms with Gasteiger partial charge in [-0.2, -0.15) is 17.0 Å². The lowest BCUT2D eigenvalue weighted by atomic mass is 10.0. The molecule has 0 aliphatic carbocycles. The Morgan fingerprint density at radius 2 is 2.28 bits per heavy atom. The van der Waals surface area contributed by atoms with Crippen LogP contribution in [0.2, 0.25) is 0 Å². The first-order valence-electron chi connectivity index (χ1n) is 5.96. The molecule has 0 bridgehead atoms. The third kappa shape index (κ3) is 3.79. The summed E-state index contributed by atoms with van der Waals surface area (Å²) in [6.45, 7) is 5.86. The first-order valence-corrected chi connectivity index (χ1v) is 7.35. The number of hydrogen-bond donors (Lipinski definition) is 1. The maximum absolute atomic E-state index is 12.3. The summed E-state index contributed by atoms with van der Waals surface area (Å²) in [6, 6.07) is 0. The summed E-state index contributed by atoms with van der Waals surface area (Å²) in [5, 5.41) is 8.77. The summed E-state index contributed by atoms with van der Waals surface area (Å²) in [7, 11) is -3.70. The fourth-order valence-corrected chi connectivity index (χ4v) is 3.75. The maximum Gasteiger partial charge on any atom is 0.318 e. The van der Waals surface area contributed by atoms with E-state index in [0.29, 0.717) is 19.0 Å². The van der Waals surface area contributed by atoms with Crippen LogP contribution in [0.15, 0.2) is 12.7 Å². The van der Waals surface area contributed by atoms with Gasteiger partial charge in [-0.15, -0.1) is 6.58 Å². The highest BCUT2D eigenvalue weighted by molar-refractivity contribution is 7.86. The maximum atomic E-state index is 12.3. The van der Waals surface area contributed by atoms with Gasteiger partial charge < -0.3 is 5.11 Å². The fourth-order valence-electron chi connectivity index (χ4n) is 2.05. The van der Waals surface area contributed by atoms with Crippen LogP contribution in [0.1, 0.15) is 19.8 Å². The lowest BCUT2D eigenvalue weighted by Gasteiger charge is -2.33. The van der Waals surface area contributed by atoms with Crippen LogP contribution in [-0.4, -0.2) is 54.3 Å². The van der Waals surface area contributed by atoms with E-state index in [1.807, 2.05) is 6.92 Å². The van der Waals surface area contributed by atoms with Crippen molar-refractivity contribution in [2.45, 2.75) is 19.8 Å².